The molecule has 0 saturated heterocycles. The van der Waals surface area contributed by atoms with E-state index in [1.165, 1.54) is 30.4 Å². The van der Waals surface area contributed by atoms with Crippen LogP contribution in [-0.4, -0.2) is 11.1 Å². The number of esters is 1. The van der Waals surface area contributed by atoms with Gasteiger partial charge in [0.05, 0.1) is 6.61 Å². The second kappa shape index (κ2) is 11.4. The van der Waals surface area contributed by atoms with Crippen molar-refractivity contribution < 1.29 is 14.6 Å². The van der Waals surface area contributed by atoms with Crippen molar-refractivity contribution in [3.05, 3.63) is 95.6 Å². The third kappa shape index (κ3) is 6.18. The van der Waals surface area contributed by atoms with Crippen LogP contribution in [0.15, 0.2) is 78.9 Å². The molecule has 32 heavy (non-hydrogen) atoms. The molecule has 0 atom stereocenters. The van der Waals surface area contributed by atoms with Gasteiger partial charge in [-0.05, 0) is 64.8 Å². The molecular formula is C29H32O3. The molecule has 1 N–H and O–H groups in total. The van der Waals surface area contributed by atoms with Gasteiger partial charge in [-0.25, -0.2) is 4.79 Å². The first-order chi connectivity index (χ1) is 15.5. The molecule has 3 aromatic rings. The van der Waals surface area contributed by atoms with E-state index >= 15 is 0 Å². The van der Waals surface area contributed by atoms with E-state index in [1.807, 2.05) is 18.2 Å². The lowest BCUT2D eigenvalue weighted by atomic mass is 9.95. The minimum Gasteiger partial charge on any atom is -0.457 e. The van der Waals surface area contributed by atoms with E-state index in [0.717, 1.165) is 34.2 Å². The van der Waals surface area contributed by atoms with Crippen molar-refractivity contribution in [2.75, 3.05) is 0 Å². The largest absolute Gasteiger partial charge is 0.457 e. The van der Waals surface area contributed by atoms with Gasteiger partial charge < -0.3 is 9.84 Å². The second-order valence-electron chi connectivity index (χ2n) is 8.24. The van der Waals surface area contributed by atoms with E-state index in [9.17, 15) is 9.90 Å². The molecule has 0 spiro atoms. The van der Waals surface area contributed by atoms with Gasteiger partial charge in [0.2, 0.25) is 0 Å². The van der Waals surface area contributed by atoms with Gasteiger partial charge in [0.15, 0.2) is 0 Å². The zero-order valence-electron chi connectivity index (χ0n) is 19.1. The molecule has 0 fully saturated rings. The fourth-order valence-corrected chi connectivity index (χ4v) is 3.70. The summed E-state index contributed by atoms with van der Waals surface area (Å²) in [5.74, 6) is -0.418. The Balaban J connectivity index is 1.79. The number of aliphatic hydroxyl groups excluding tert-OH is 1. The molecule has 0 radical (unpaired) electrons. The molecule has 0 unspecified atom stereocenters. The van der Waals surface area contributed by atoms with Gasteiger partial charge in [-0.3, -0.25) is 0 Å². The summed E-state index contributed by atoms with van der Waals surface area (Å²) in [6.07, 6.45) is 4.89. The van der Waals surface area contributed by atoms with E-state index in [4.69, 9.17) is 4.74 Å². The molecule has 0 aliphatic heterocycles. The first-order valence-electron chi connectivity index (χ1n) is 11.3. The third-order valence-corrected chi connectivity index (χ3v) is 5.61. The maximum atomic E-state index is 11.8. The Kier molecular flexibility index (Phi) is 8.41. The van der Waals surface area contributed by atoms with Crippen molar-refractivity contribution in [3.63, 3.8) is 0 Å². The third-order valence-electron chi connectivity index (χ3n) is 5.61. The van der Waals surface area contributed by atoms with E-state index in [0.29, 0.717) is 5.57 Å². The number of unbranched alkanes of at least 4 members (excludes halogenated alkanes) is 2. The summed E-state index contributed by atoms with van der Waals surface area (Å²) < 4.78 is 5.37. The number of hydrogen-bond donors (Lipinski definition) is 1. The Morgan fingerprint density at radius 3 is 2.06 bits per heavy atom. The Morgan fingerprint density at radius 2 is 1.47 bits per heavy atom. The highest BCUT2D eigenvalue weighted by Gasteiger charge is 2.11. The van der Waals surface area contributed by atoms with E-state index in [1.54, 1.807) is 6.92 Å². The monoisotopic (exact) mass is 428 g/mol. The lowest BCUT2D eigenvalue weighted by Gasteiger charge is -2.13. The van der Waals surface area contributed by atoms with Gasteiger partial charge in [-0.1, -0.05) is 87.0 Å². The molecule has 0 aliphatic carbocycles. The standard InChI is InChI=1S/C29H32O3/c1-4-5-6-7-22-8-11-24(12-9-22)25-13-15-26(16-14-25)28-17-10-23(19-30)18-27(28)20-32-29(31)21(2)3/h8-18,30H,2,4-7,19-20H2,1,3H3. The number of carbonyl (C=O) groups excluding carboxylic acids is 1. The van der Waals surface area contributed by atoms with Crippen molar-refractivity contribution in [2.45, 2.75) is 52.7 Å². The molecule has 3 aromatic carbocycles. The highest BCUT2D eigenvalue weighted by molar-refractivity contribution is 5.87. The fraction of sp³-hybridized carbons (Fsp3) is 0.276. The second-order valence-corrected chi connectivity index (χ2v) is 8.24. The van der Waals surface area contributed by atoms with Gasteiger partial charge in [0, 0.05) is 5.57 Å². The van der Waals surface area contributed by atoms with Gasteiger partial charge >= 0.3 is 5.97 Å². The first-order valence-corrected chi connectivity index (χ1v) is 11.3. The first kappa shape index (κ1) is 23.5. The summed E-state index contributed by atoms with van der Waals surface area (Å²) in [6, 6.07) is 23.0. The SMILES string of the molecule is C=C(C)C(=O)OCc1cc(CO)ccc1-c1ccc(-c2ccc(CCCCC)cc2)cc1. The number of ether oxygens (including phenoxy) is 1. The van der Waals surface area contributed by atoms with Crippen molar-refractivity contribution in [2.24, 2.45) is 0 Å². The molecule has 166 valence electrons. The smallest absolute Gasteiger partial charge is 0.333 e. The molecule has 3 rings (SSSR count). The van der Waals surface area contributed by atoms with Crippen molar-refractivity contribution >= 4 is 5.97 Å². The van der Waals surface area contributed by atoms with Gasteiger partial charge in [-0.15, -0.1) is 0 Å². The average molecular weight is 429 g/mol. The summed E-state index contributed by atoms with van der Waals surface area (Å²) in [5, 5.41) is 9.51. The lowest BCUT2D eigenvalue weighted by Crippen LogP contribution is -2.06. The highest BCUT2D eigenvalue weighted by atomic mass is 16.5. The molecular weight excluding hydrogens is 396 g/mol. The number of benzene rings is 3. The summed E-state index contributed by atoms with van der Waals surface area (Å²) in [5.41, 5.74) is 7.77. The minimum absolute atomic E-state index is 0.0604. The van der Waals surface area contributed by atoms with Gasteiger partial charge in [0.25, 0.3) is 0 Å². The Bertz CT molecular complexity index is 1050. The average Bonchev–Trinajstić information content (AvgIpc) is 2.83. The van der Waals surface area contributed by atoms with Crippen LogP contribution in [0.3, 0.4) is 0 Å². The van der Waals surface area contributed by atoms with Gasteiger partial charge in [-0.2, -0.15) is 0 Å². The normalized spacial score (nSPS) is 10.7. The predicted octanol–water partition coefficient (Wildman–Crippen LogP) is 6.86. The number of carbonyl (C=O) groups is 1. The number of rotatable bonds is 10. The summed E-state index contributed by atoms with van der Waals surface area (Å²) in [7, 11) is 0. The Labute approximate surface area is 191 Å². The molecule has 3 nitrogen and oxygen atoms in total. The van der Waals surface area contributed by atoms with Crippen molar-refractivity contribution in [3.8, 4) is 22.3 Å². The Hall–Kier alpha value is -3.17. The minimum atomic E-state index is -0.418. The van der Waals surface area contributed by atoms with Crippen LogP contribution in [0.25, 0.3) is 22.3 Å². The van der Waals surface area contributed by atoms with Gasteiger partial charge in [0.1, 0.15) is 6.61 Å². The van der Waals surface area contributed by atoms with E-state index < -0.39 is 5.97 Å². The Morgan fingerprint density at radius 1 is 0.875 bits per heavy atom. The lowest BCUT2D eigenvalue weighted by molar-refractivity contribution is -0.140. The maximum absolute atomic E-state index is 11.8. The molecule has 0 saturated carbocycles. The number of hydrogen-bond acceptors (Lipinski definition) is 3. The van der Waals surface area contributed by atoms with Crippen LogP contribution in [0.2, 0.25) is 0 Å². The quantitative estimate of drug-likeness (QED) is 0.218. The summed E-state index contributed by atoms with van der Waals surface area (Å²) >= 11 is 0. The zero-order valence-corrected chi connectivity index (χ0v) is 19.1. The molecule has 0 aromatic heterocycles. The van der Waals surface area contributed by atoms with Crippen molar-refractivity contribution in [1.82, 2.24) is 0 Å². The predicted molar refractivity (Wildman–Crippen MR) is 131 cm³/mol. The molecule has 0 heterocycles. The molecule has 0 bridgehead atoms. The van der Waals surface area contributed by atoms with Crippen LogP contribution in [0.4, 0.5) is 0 Å². The van der Waals surface area contributed by atoms with Crippen LogP contribution >= 0.6 is 0 Å². The maximum Gasteiger partial charge on any atom is 0.333 e. The number of aryl methyl sites for hydroxylation is 1. The topological polar surface area (TPSA) is 46.5 Å². The van der Waals surface area contributed by atoms with Crippen LogP contribution < -0.4 is 0 Å². The van der Waals surface area contributed by atoms with Crippen molar-refractivity contribution in [1.29, 1.82) is 0 Å². The number of aliphatic hydroxyl groups is 1. The van der Waals surface area contributed by atoms with Crippen LogP contribution in [-0.2, 0) is 29.2 Å². The molecule has 3 heteroatoms. The molecule has 0 amide bonds. The van der Waals surface area contributed by atoms with E-state index in [-0.39, 0.29) is 13.2 Å². The highest BCUT2D eigenvalue weighted by Crippen LogP contribution is 2.29. The van der Waals surface area contributed by atoms with E-state index in [2.05, 4.69) is 62.0 Å². The summed E-state index contributed by atoms with van der Waals surface area (Å²) in [4.78, 5) is 11.8. The zero-order chi connectivity index (χ0) is 22.9. The summed E-state index contributed by atoms with van der Waals surface area (Å²) in [6.45, 7) is 7.56. The fourth-order valence-electron chi connectivity index (χ4n) is 3.70. The van der Waals surface area contributed by atoms with Crippen LogP contribution in [0.5, 0.6) is 0 Å². The molecule has 0 aliphatic rings. The van der Waals surface area contributed by atoms with Crippen LogP contribution in [0, 0.1) is 0 Å². The van der Waals surface area contributed by atoms with Crippen LogP contribution in [0.1, 0.15) is 49.8 Å².